The maximum atomic E-state index is 11.2. The summed E-state index contributed by atoms with van der Waals surface area (Å²) in [6, 6.07) is -0.766. The van der Waals surface area contributed by atoms with Crippen LogP contribution in [0.1, 0.15) is 44.9 Å². The number of hydrogen-bond acceptors (Lipinski definition) is 4. The number of hydrogen-bond donors (Lipinski definition) is 5. The van der Waals surface area contributed by atoms with E-state index >= 15 is 0 Å². The second kappa shape index (κ2) is 7.30. The minimum Gasteiger partial charge on any atom is -0.480 e. The van der Waals surface area contributed by atoms with Crippen LogP contribution < -0.4 is 16.8 Å². The van der Waals surface area contributed by atoms with E-state index < -0.39 is 17.7 Å². The van der Waals surface area contributed by atoms with Crippen LogP contribution in [0, 0.1) is 0 Å². The monoisotopic (exact) mass is 272 g/mol. The Labute approximate surface area is 113 Å². The third-order valence-electron chi connectivity index (χ3n) is 3.37. The van der Waals surface area contributed by atoms with Gasteiger partial charge in [0.05, 0.1) is 0 Å². The molecule has 1 fully saturated rings. The molecule has 0 unspecified atom stereocenters. The fourth-order valence-corrected chi connectivity index (χ4v) is 2.37. The fourth-order valence-electron chi connectivity index (χ4n) is 2.37. The number of aliphatic imine (C=N–C) groups is 1. The maximum absolute atomic E-state index is 11.2. The topological polar surface area (TPSA) is 134 Å². The van der Waals surface area contributed by atoms with Gasteiger partial charge in [-0.25, -0.2) is 0 Å². The predicted molar refractivity (Wildman–Crippen MR) is 72.5 cm³/mol. The van der Waals surface area contributed by atoms with Crippen molar-refractivity contribution >= 4 is 11.9 Å². The van der Waals surface area contributed by atoms with Crippen molar-refractivity contribution in [2.45, 2.75) is 56.7 Å². The lowest BCUT2D eigenvalue weighted by Crippen LogP contribution is -2.54. The Bertz CT molecular complexity index is 323. The molecule has 0 aromatic rings. The minimum atomic E-state index is -1.04. The van der Waals surface area contributed by atoms with Crippen LogP contribution in [0.25, 0.3) is 0 Å². The average Bonchev–Trinajstić information content (AvgIpc) is 2.33. The van der Waals surface area contributed by atoms with Gasteiger partial charge in [0, 0.05) is 6.54 Å². The summed E-state index contributed by atoms with van der Waals surface area (Å²) in [6.45, 7) is 0.395. The molecule has 1 rings (SSSR count). The number of carboxylic acids is 1. The summed E-state index contributed by atoms with van der Waals surface area (Å²) in [5, 5.41) is 22.3. The van der Waals surface area contributed by atoms with Crippen LogP contribution in [0.5, 0.6) is 0 Å². The van der Waals surface area contributed by atoms with Gasteiger partial charge >= 0.3 is 5.97 Å². The number of carbonyl (C=O) groups is 1. The molecule has 7 nitrogen and oxygen atoms in total. The lowest BCUT2D eigenvalue weighted by Gasteiger charge is -2.35. The lowest BCUT2D eigenvalue weighted by atomic mass is 9.90. The van der Waals surface area contributed by atoms with Gasteiger partial charge in [0.1, 0.15) is 11.8 Å². The molecule has 0 amide bonds. The molecule has 0 aliphatic heterocycles. The molecule has 7 N–H and O–H groups in total. The molecule has 1 aliphatic rings. The van der Waals surface area contributed by atoms with Crippen molar-refractivity contribution in [3.8, 4) is 0 Å². The van der Waals surface area contributed by atoms with E-state index in [2.05, 4.69) is 10.3 Å². The number of guanidine groups is 1. The molecule has 0 bridgehead atoms. The van der Waals surface area contributed by atoms with Crippen molar-refractivity contribution in [3.63, 3.8) is 0 Å². The largest absolute Gasteiger partial charge is 0.480 e. The summed E-state index contributed by atoms with van der Waals surface area (Å²) < 4.78 is 0. The number of carboxylic acid groups (broad SMARTS) is 1. The number of nitrogens with zero attached hydrogens (tertiary/aromatic N) is 1. The molecule has 0 spiro atoms. The highest BCUT2D eigenvalue weighted by atomic mass is 16.4. The van der Waals surface area contributed by atoms with Gasteiger partial charge in [-0.15, -0.1) is 0 Å². The number of aliphatic carboxylic acids is 1. The first-order valence-corrected chi connectivity index (χ1v) is 6.71. The molecule has 19 heavy (non-hydrogen) atoms. The molecular weight excluding hydrogens is 248 g/mol. The Morgan fingerprint density at radius 2 is 1.95 bits per heavy atom. The number of nitrogens with two attached hydrogens (primary N) is 2. The van der Waals surface area contributed by atoms with Gasteiger partial charge in [0.2, 0.25) is 0 Å². The summed E-state index contributed by atoms with van der Waals surface area (Å²) in [4.78, 5) is 15.0. The number of rotatable bonds is 7. The molecule has 7 heteroatoms. The Morgan fingerprint density at radius 1 is 1.32 bits per heavy atom. The second-order valence-electron chi connectivity index (χ2n) is 5.08. The number of nitrogens with one attached hydrogen (secondary N) is 1. The van der Waals surface area contributed by atoms with Crippen molar-refractivity contribution < 1.29 is 15.0 Å². The van der Waals surface area contributed by atoms with E-state index in [-0.39, 0.29) is 5.96 Å². The van der Waals surface area contributed by atoms with Gasteiger partial charge in [0.15, 0.2) is 5.96 Å². The molecule has 0 aromatic carbocycles. The quantitative estimate of drug-likeness (QED) is 0.187. The van der Waals surface area contributed by atoms with E-state index in [0.29, 0.717) is 32.2 Å². The van der Waals surface area contributed by atoms with Crippen molar-refractivity contribution in [2.24, 2.45) is 16.5 Å². The van der Waals surface area contributed by atoms with Crippen LogP contribution >= 0.6 is 0 Å². The summed E-state index contributed by atoms with van der Waals surface area (Å²) in [6.07, 6.45) is 5.07. The van der Waals surface area contributed by atoms with Crippen LogP contribution in [-0.4, -0.2) is 40.5 Å². The van der Waals surface area contributed by atoms with Crippen LogP contribution in [-0.2, 0) is 4.79 Å². The van der Waals surface area contributed by atoms with Gasteiger partial charge in [-0.2, -0.15) is 0 Å². The average molecular weight is 272 g/mol. The van der Waals surface area contributed by atoms with Gasteiger partial charge in [-0.1, -0.05) is 6.42 Å². The van der Waals surface area contributed by atoms with Crippen molar-refractivity contribution in [2.75, 3.05) is 6.54 Å². The van der Waals surface area contributed by atoms with Gasteiger partial charge < -0.3 is 21.7 Å². The molecule has 1 saturated carbocycles. The first-order chi connectivity index (χ1) is 8.93. The first-order valence-electron chi connectivity index (χ1n) is 6.71. The molecule has 0 saturated heterocycles. The lowest BCUT2D eigenvalue weighted by molar-refractivity contribution is -0.143. The van der Waals surface area contributed by atoms with Crippen molar-refractivity contribution in [3.05, 3.63) is 0 Å². The SMILES string of the molecule is NC(N)=NCCC[C@H](NC1(O)CCCCC1)C(=O)O. The van der Waals surface area contributed by atoms with E-state index in [1.54, 1.807) is 0 Å². The Hall–Kier alpha value is -1.34. The molecule has 0 heterocycles. The highest BCUT2D eigenvalue weighted by Gasteiger charge is 2.33. The van der Waals surface area contributed by atoms with Crippen molar-refractivity contribution in [1.29, 1.82) is 0 Å². The Morgan fingerprint density at radius 3 is 2.47 bits per heavy atom. The van der Waals surface area contributed by atoms with Crippen LogP contribution in [0.2, 0.25) is 0 Å². The molecule has 1 aliphatic carbocycles. The molecule has 0 radical (unpaired) electrons. The van der Waals surface area contributed by atoms with E-state index in [1.807, 2.05) is 0 Å². The minimum absolute atomic E-state index is 0.00532. The summed E-state index contributed by atoms with van der Waals surface area (Å²) >= 11 is 0. The molecule has 0 aromatic heterocycles. The smallest absolute Gasteiger partial charge is 0.320 e. The van der Waals surface area contributed by atoms with Gasteiger partial charge in [0.25, 0.3) is 0 Å². The Balaban J connectivity index is 2.43. The second-order valence-corrected chi connectivity index (χ2v) is 5.08. The normalized spacial score (nSPS) is 19.6. The van der Waals surface area contributed by atoms with E-state index in [9.17, 15) is 9.90 Å². The number of aliphatic hydroxyl groups is 1. The molecule has 1 atom stereocenters. The summed E-state index contributed by atoms with van der Waals surface area (Å²) in [5.41, 5.74) is 9.35. The molecular formula is C12H24N4O3. The van der Waals surface area contributed by atoms with Crippen LogP contribution in [0.3, 0.4) is 0 Å². The zero-order valence-electron chi connectivity index (χ0n) is 11.1. The molecule has 110 valence electrons. The summed E-state index contributed by atoms with van der Waals surface area (Å²) in [7, 11) is 0. The maximum Gasteiger partial charge on any atom is 0.320 e. The standard InChI is InChI=1S/C12H24N4O3/c13-11(14)15-8-4-5-9(10(17)18)16-12(19)6-2-1-3-7-12/h9,16,19H,1-8H2,(H,17,18)(H4,13,14,15)/t9-/m0/s1. The van der Waals surface area contributed by atoms with E-state index in [1.165, 1.54) is 0 Å². The highest BCUT2D eigenvalue weighted by Crippen LogP contribution is 2.26. The van der Waals surface area contributed by atoms with Crippen LogP contribution in [0.15, 0.2) is 4.99 Å². The predicted octanol–water partition coefficient (Wildman–Crippen LogP) is -0.264. The van der Waals surface area contributed by atoms with E-state index in [4.69, 9.17) is 16.6 Å². The van der Waals surface area contributed by atoms with Gasteiger partial charge in [-0.3, -0.25) is 15.1 Å². The first kappa shape index (κ1) is 15.7. The third-order valence-corrected chi connectivity index (χ3v) is 3.37. The summed E-state index contributed by atoms with van der Waals surface area (Å²) in [5.74, 6) is -0.950. The van der Waals surface area contributed by atoms with E-state index in [0.717, 1.165) is 19.3 Å². The fraction of sp³-hybridized carbons (Fsp3) is 0.833. The van der Waals surface area contributed by atoms with Crippen LogP contribution in [0.4, 0.5) is 0 Å². The zero-order valence-corrected chi connectivity index (χ0v) is 11.1. The van der Waals surface area contributed by atoms with Gasteiger partial charge in [-0.05, 0) is 38.5 Å². The van der Waals surface area contributed by atoms with Crippen molar-refractivity contribution in [1.82, 2.24) is 5.32 Å². The zero-order chi connectivity index (χ0) is 14.3. The Kier molecular flexibility index (Phi) is 6.04. The third kappa shape index (κ3) is 5.89. The highest BCUT2D eigenvalue weighted by molar-refractivity contribution is 5.75.